The minimum Gasteiger partial charge on any atom is -0.496 e. The van der Waals surface area contributed by atoms with Crippen LogP contribution in [0.25, 0.3) is 16.8 Å². The van der Waals surface area contributed by atoms with Crippen LogP contribution in [0.3, 0.4) is 0 Å². The molecule has 3 heterocycles. The van der Waals surface area contributed by atoms with Gasteiger partial charge in [-0.1, -0.05) is 15.9 Å². The summed E-state index contributed by atoms with van der Waals surface area (Å²) in [5.41, 5.74) is 2.02. The standard InChI is InChI=1S/C23H28BrN5O3/c1-23(2,3)32-22(30)28-11-5-7-16(14-28)25-21-27-26-20(18-8-6-12-29(18)21)17-10-9-15(24)13-19(17)31-4/h6,8-10,12-13,16H,5,7,11,14H2,1-4H3,(H,25,27)/t16-/m1/s1. The molecule has 1 amide bonds. The maximum absolute atomic E-state index is 12.5. The number of piperidine rings is 1. The Morgan fingerprint density at radius 3 is 2.81 bits per heavy atom. The normalized spacial score (nSPS) is 16.8. The zero-order valence-corrected chi connectivity index (χ0v) is 20.3. The van der Waals surface area contributed by atoms with Crippen molar-refractivity contribution in [3.05, 3.63) is 41.0 Å². The summed E-state index contributed by atoms with van der Waals surface area (Å²) in [6.07, 6.45) is 3.51. The molecule has 4 rings (SSSR count). The molecule has 0 unspecified atom stereocenters. The lowest BCUT2D eigenvalue weighted by Crippen LogP contribution is -2.47. The predicted molar refractivity (Wildman–Crippen MR) is 127 cm³/mol. The summed E-state index contributed by atoms with van der Waals surface area (Å²) < 4.78 is 14.0. The number of amides is 1. The minimum atomic E-state index is -0.510. The molecule has 1 aliphatic rings. The number of likely N-dealkylation sites (tertiary alicyclic amines) is 1. The Hall–Kier alpha value is -2.81. The molecule has 1 aliphatic heterocycles. The van der Waals surface area contributed by atoms with Gasteiger partial charge in [-0.3, -0.25) is 4.40 Å². The average Bonchev–Trinajstić information content (AvgIpc) is 3.24. The molecular weight excluding hydrogens is 474 g/mol. The van der Waals surface area contributed by atoms with E-state index in [0.29, 0.717) is 19.0 Å². The van der Waals surface area contributed by atoms with E-state index < -0.39 is 5.60 Å². The minimum absolute atomic E-state index is 0.0595. The second-order valence-electron chi connectivity index (χ2n) is 8.89. The lowest BCUT2D eigenvalue weighted by atomic mass is 10.1. The van der Waals surface area contributed by atoms with Gasteiger partial charge < -0.3 is 19.7 Å². The van der Waals surface area contributed by atoms with Crippen molar-refractivity contribution in [2.45, 2.75) is 45.3 Å². The molecule has 1 atom stereocenters. The Balaban J connectivity index is 1.57. The van der Waals surface area contributed by atoms with E-state index in [4.69, 9.17) is 9.47 Å². The van der Waals surface area contributed by atoms with Crippen LogP contribution in [0.5, 0.6) is 5.75 Å². The molecule has 2 aromatic heterocycles. The molecular formula is C23H28BrN5O3. The summed E-state index contributed by atoms with van der Waals surface area (Å²) in [6, 6.07) is 9.86. The Kier molecular flexibility index (Phi) is 6.28. The van der Waals surface area contributed by atoms with Crippen LogP contribution >= 0.6 is 15.9 Å². The third-order valence-electron chi connectivity index (χ3n) is 5.29. The zero-order chi connectivity index (χ0) is 22.9. The molecule has 0 saturated carbocycles. The van der Waals surface area contributed by atoms with Crippen molar-refractivity contribution in [3.8, 4) is 17.0 Å². The van der Waals surface area contributed by atoms with Gasteiger partial charge in [0.2, 0.25) is 5.95 Å². The van der Waals surface area contributed by atoms with Crippen LogP contribution in [-0.2, 0) is 4.74 Å². The van der Waals surface area contributed by atoms with E-state index in [-0.39, 0.29) is 12.1 Å². The highest BCUT2D eigenvalue weighted by atomic mass is 79.9. The van der Waals surface area contributed by atoms with Crippen molar-refractivity contribution in [2.75, 3.05) is 25.5 Å². The van der Waals surface area contributed by atoms with E-state index >= 15 is 0 Å². The second-order valence-corrected chi connectivity index (χ2v) is 9.81. The SMILES string of the molecule is COc1cc(Br)ccc1-c1nnc(N[C@@H]2CCCN(C(=O)OC(C)(C)C)C2)n2cccc12. The quantitative estimate of drug-likeness (QED) is 0.542. The molecule has 1 saturated heterocycles. The van der Waals surface area contributed by atoms with Gasteiger partial charge in [0.15, 0.2) is 0 Å². The highest BCUT2D eigenvalue weighted by molar-refractivity contribution is 9.10. The first-order valence-electron chi connectivity index (χ1n) is 10.7. The lowest BCUT2D eigenvalue weighted by molar-refractivity contribution is 0.0206. The summed E-state index contributed by atoms with van der Waals surface area (Å²) in [7, 11) is 1.64. The highest BCUT2D eigenvalue weighted by Gasteiger charge is 2.28. The number of anilines is 1. The monoisotopic (exact) mass is 501 g/mol. The van der Waals surface area contributed by atoms with Crippen molar-refractivity contribution >= 4 is 33.5 Å². The van der Waals surface area contributed by atoms with Crippen LogP contribution in [0.15, 0.2) is 41.0 Å². The van der Waals surface area contributed by atoms with E-state index in [9.17, 15) is 4.79 Å². The van der Waals surface area contributed by atoms with E-state index in [0.717, 1.165) is 39.8 Å². The van der Waals surface area contributed by atoms with Gasteiger partial charge in [-0.15, -0.1) is 10.2 Å². The van der Waals surface area contributed by atoms with E-state index in [2.05, 4.69) is 31.4 Å². The molecule has 0 spiro atoms. The maximum atomic E-state index is 12.5. The Labute approximate surface area is 196 Å². The number of nitrogens with zero attached hydrogens (tertiary/aromatic N) is 4. The largest absolute Gasteiger partial charge is 0.496 e. The summed E-state index contributed by atoms with van der Waals surface area (Å²) in [6.45, 7) is 6.89. The van der Waals surface area contributed by atoms with Gasteiger partial charge in [0.1, 0.15) is 17.0 Å². The molecule has 9 heteroatoms. The molecule has 1 fully saturated rings. The molecule has 0 bridgehead atoms. The van der Waals surface area contributed by atoms with Gasteiger partial charge >= 0.3 is 6.09 Å². The number of aromatic nitrogens is 3. The van der Waals surface area contributed by atoms with E-state index in [1.165, 1.54) is 0 Å². The number of carbonyl (C=O) groups excluding carboxylic acids is 1. The number of halogens is 1. The van der Waals surface area contributed by atoms with Crippen molar-refractivity contribution in [2.24, 2.45) is 0 Å². The van der Waals surface area contributed by atoms with Crippen LogP contribution in [0.4, 0.5) is 10.7 Å². The number of fused-ring (bicyclic) bond motifs is 1. The van der Waals surface area contributed by atoms with Crippen LogP contribution in [0, 0.1) is 0 Å². The van der Waals surface area contributed by atoms with Gasteiger partial charge in [-0.2, -0.15) is 0 Å². The van der Waals surface area contributed by atoms with Crippen LogP contribution < -0.4 is 10.1 Å². The number of rotatable bonds is 4. The molecule has 170 valence electrons. The molecule has 1 N–H and O–H groups in total. The number of benzene rings is 1. The van der Waals surface area contributed by atoms with Crippen molar-refractivity contribution in [1.82, 2.24) is 19.5 Å². The fraction of sp³-hybridized carbons (Fsp3) is 0.435. The van der Waals surface area contributed by atoms with E-state index in [1.807, 2.05) is 61.7 Å². The van der Waals surface area contributed by atoms with Gasteiger partial charge in [-0.25, -0.2) is 4.79 Å². The summed E-state index contributed by atoms with van der Waals surface area (Å²) >= 11 is 3.48. The van der Waals surface area contributed by atoms with Crippen molar-refractivity contribution < 1.29 is 14.3 Å². The third kappa shape index (κ3) is 4.82. The molecule has 8 nitrogen and oxygen atoms in total. The lowest BCUT2D eigenvalue weighted by Gasteiger charge is -2.34. The van der Waals surface area contributed by atoms with Gasteiger partial charge in [0.25, 0.3) is 0 Å². The van der Waals surface area contributed by atoms with Crippen LogP contribution in [0.2, 0.25) is 0 Å². The predicted octanol–water partition coefficient (Wildman–Crippen LogP) is 4.98. The first kappa shape index (κ1) is 22.4. The highest BCUT2D eigenvalue weighted by Crippen LogP contribution is 2.34. The maximum Gasteiger partial charge on any atom is 0.410 e. The first-order valence-corrected chi connectivity index (χ1v) is 11.5. The Morgan fingerprint density at radius 1 is 1.25 bits per heavy atom. The number of hydrogen-bond donors (Lipinski definition) is 1. The number of carbonyl (C=O) groups is 1. The van der Waals surface area contributed by atoms with Crippen LogP contribution in [0.1, 0.15) is 33.6 Å². The second kappa shape index (κ2) is 8.97. The zero-order valence-electron chi connectivity index (χ0n) is 18.8. The Bertz CT molecular complexity index is 1120. The molecule has 0 aliphatic carbocycles. The smallest absolute Gasteiger partial charge is 0.410 e. The fourth-order valence-corrected chi connectivity index (χ4v) is 4.22. The first-order chi connectivity index (χ1) is 15.2. The van der Waals surface area contributed by atoms with Crippen LogP contribution in [-0.4, -0.2) is 57.4 Å². The van der Waals surface area contributed by atoms with E-state index in [1.54, 1.807) is 12.0 Å². The summed E-state index contributed by atoms with van der Waals surface area (Å²) in [5.74, 6) is 1.36. The fourth-order valence-electron chi connectivity index (χ4n) is 3.88. The third-order valence-corrected chi connectivity index (χ3v) is 5.78. The molecule has 32 heavy (non-hydrogen) atoms. The number of methoxy groups -OCH3 is 1. The van der Waals surface area contributed by atoms with Gasteiger partial charge in [0.05, 0.1) is 12.6 Å². The number of ether oxygens (including phenoxy) is 2. The number of hydrogen-bond acceptors (Lipinski definition) is 6. The molecule has 0 radical (unpaired) electrons. The summed E-state index contributed by atoms with van der Waals surface area (Å²) in [4.78, 5) is 14.3. The average molecular weight is 502 g/mol. The van der Waals surface area contributed by atoms with Gasteiger partial charge in [-0.05, 0) is 63.9 Å². The number of nitrogens with one attached hydrogen (secondary N) is 1. The Morgan fingerprint density at radius 2 is 2.06 bits per heavy atom. The molecule has 3 aromatic rings. The van der Waals surface area contributed by atoms with Crippen molar-refractivity contribution in [1.29, 1.82) is 0 Å². The summed E-state index contributed by atoms with van der Waals surface area (Å²) in [5, 5.41) is 12.5. The van der Waals surface area contributed by atoms with Gasteiger partial charge in [0, 0.05) is 35.4 Å². The molecule has 1 aromatic carbocycles. The topological polar surface area (TPSA) is 81.0 Å². The van der Waals surface area contributed by atoms with Crippen molar-refractivity contribution in [3.63, 3.8) is 0 Å².